The Morgan fingerprint density at radius 2 is 1.84 bits per heavy atom. The summed E-state index contributed by atoms with van der Waals surface area (Å²) in [6.07, 6.45) is 0.845. The summed E-state index contributed by atoms with van der Waals surface area (Å²) in [6, 6.07) is 17.5. The minimum absolute atomic E-state index is 0.00946. The van der Waals surface area contributed by atoms with Crippen LogP contribution in [0.5, 0.6) is 11.5 Å². The molecule has 5 aromatic rings. The van der Waals surface area contributed by atoms with E-state index >= 15 is 0 Å². The average Bonchev–Trinajstić information content (AvgIpc) is 3.47. The zero-order chi connectivity index (χ0) is 25.7. The lowest BCUT2D eigenvalue weighted by Crippen LogP contribution is -2.29. The highest BCUT2D eigenvalue weighted by molar-refractivity contribution is 6.12. The molecule has 0 N–H and O–H groups in total. The number of benzene rings is 3. The number of fused-ring (bicyclic) bond motifs is 4. The van der Waals surface area contributed by atoms with E-state index < -0.39 is 11.9 Å². The number of rotatable bonds is 6. The third-order valence-corrected chi connectivity index (χ3v) is 6.59. The number of amides is 1. The van der Waals surface area contributed by atoms with Crippen LogP contribution in [0.1, 0.15) is 46.8 Å². The maximum atomic E-state index is 14.0. The van der Waals surface area contributed by atoms with Crippen molar-refractivity contribution in [3.63, 3.8) is 0 Å². The zero-order valence-corrected chi connectivity index (χ0v) is 20.6. The maximum Gasteiger partial charge on any atom is 0.296 e. The lowest BCUT2D eigenvalue weighted by Gasteiger charge is -2.23. The molecule has 0 saturated heterocycles. The van der Waals surface area contributed by atoms with Crippen molar-refractivity contribution >= 4 is 33.5 Å². The van der Waals surface area contributed by atoms with Gasteiger partial charge in [0.1, 0.15) is 11.3 Å². The van der Waals surface area contributed by atoms with Gasteiger partial charge in [0, 0.05) is 11.5 Å². The van der Waals surface area contributed by atoms with Gasteiger partial charge in [-0.15, -0.1) is 0 Å². The van der Waals surface area contributed by atoms with Gasteiger partial charge in [0.15, 0.2) is 22.7 Å². The number of aryl methyl sites for hydroxylation is 1. The number of nitrogens with zero attached hydrogens (tertiary/aromatic N) is 2. The molecule has 37 heavy (non-hydrogen) atoms. The first-order valence-corrected chi connectivity index (χ1v) is 12.1. The number of hydrogen-bond donors (Lipinski definition) is 0. The highest BCUT2D eigenvalue weighted by Crippen LogP contribution is 2.43. The molecule has 2 aromatic heterocycles. The van der Waals surface area contributed by atoms with Crippen molar-refractivity contribution in [1.29, 1.82) is 0 Å². The largest absolute Gasteiger partial charge is 0.493 e. The van der Waals surface area contributed by atoms with E-state index in [1.54, 1.807) is 38.3 Å². The van der Waals surface area contributed by atoms with Gasteiger partial charge in [-0.25, -0.2) is 0 Å². The van der Waals surface area contributed by atoms with Gasteiger partial charge in [0.25, 0.3) is 5.91 Å². The molecule has 1 amide bonds. The van der Waals surface area contributed by atoms with Gasteiger partial charge in [0.05, 0.1) is 30.7 Å². The van der Waals surface area contributed by atoms with Crippen LogP contribution in [0.2, 0.25) is 0 Å². The van der Waals surface area contributed by atoms with E-state index in [2.05, 4.69) is 5.16 Å². The maximum absolute atomic E-state index is 14.0. The van der Waals surface area contributed by atoms with Gasteiger partial charge in [-0.2, -0.15) is 0 Å². The van der Waals surface area contributed by atoms with Gasteiger partial charge in [-0.3, -0.25) is 14.5 Å². The van der Waals surface area contributed by atoms with Gasteiger partial charge in [0.2, 0.25) is 5.76 Å². The summed E-state index contributed by atoms with van der Waals surface area (Å²) in [6.45, 7) is 4.30. The Hall–Kier alpha value is -4.59. The zero-order valence-electron chi connectivity index (χ0n) is 20.6. The molecule has 0 spiro atoms. The summed E-state index contributed by atoms with van der Waals surface area (Å²) in [5.41, 5.74) is 1.01. The summed E-state index contributed by atoms with van der Waals surface area (Å²) in [5.74, 6) is 1.43. The van der Waals surface area contributed by atoms with E-state index in [0.717, 1.165) is 17.2 Å². The first-order chi connectivity index (χ1) is 18.0. The van der Waals surface area contributed by atoms with E-state index in [1.165, 1.54) is 4.90 Å². The molecular formula is C29H24N2O6. The van der Waals surface area contributed by atoms with Crippen LogP contribution in [0.3, 0.4) is 0 Å². The molecule has 1 unspecified atom stereocenters. The van der Waals surface area contributed by atoms with Crippen LogP contribution in [0.15, 0.2) is 74.4 Å². The number of methoxy groups -OCH3 is 1. The average molecular weight is 497 g/mol. The minimum Gasteiger partial charge on any atom is -0.493 e. The van der Waals surface area contributed by atoms with Crippen LogP contribution in [-0.2, 0) is 0 Å². The predicted molar refractivity (Wildman–Crippen MR) is 139 cm³/mol. The highest BCUT2D eigenvalue weighted by Gasteiger charge is 2.45. The van der Waals surface area contributed by atoms with Gasteiger partial charge in [-0.05, 0) is 42.5 Å². The molecule has 0 aliphatic carbocycles. The fourth-order valence-electron chi connectivity index (χ4n) is 4.90. The fourth-order valence-corrected chi connectivity index (χ4v) is 4.90. The normalized spacial score (nSPS) is 14.9. The molecule has 0 bridgehead atoms. The van der Waals surface area contributed by atoms with Crippen molar-refractivity contribution < 1.29 is 23.2 Å². The predicted octanol–water partition coefficient (Wildman–Crippen LogP) is 5.79. The van der Waals surface area contributed by atoms with Gasteiger partial charge >= 0.3 is 0 Å². The second-order valence-electron chi connectivity index (χ2n) is 8.97. The SMILES string of the molecule is CCCOc1ccc(C2c3c(oc4c(ccc5ccccc54)c3=O)C(=O)N2c2cc(C)on2)cc1OC. The molecule has 0 radical (unpaired) electrons. The number of aromatic nitrogens is 1. The highest BCUT2D eigenvalue weighted by atomic mass is 16.5. The standard InChI is InChI=1S/C29H24N2O6/c1-4-13-35-21-12-10-18(15-22(21)34-3)25-24-26(32)20-11-9-17-7-5-6-8-19(17)27(20)36-28(24)29(33)31(25)23-14-16(2)37-30-23/h5-12,14-15,25H,4,13H2,1-3H3. The molecule has 1 atom stereocenters. The van der Waals surface area contributed by atoms with Crippen molar-refractivity contribution in [2.75, 3.05) is 18.6 Å². The van der Waals surface area contributed by atoms with Crippen LogP contribution in [0, 0.1) is 6.92 Å². The summed E-state index contributed by atoms with van der Waals surface area (Å²) in [4.78, 5) is 29.3. The summed E-state index contributed by atoms with van der Waals surface area (Å²) in [5, 5.41) is 6.17. The van der Waals surface area contributed by atoms with Gasteiger partial charge in [-0.1, -0.05) is 48.5 Å². The van der Waals surface area contributed by atoms with Crippen LogP contribution in [0.4, 0.5) is 5.82 Å². The molecule has 186 valence electrons. The van der Waals surface area contributed by atoms with Crippen molar-refractivity contribution in [2.45, 2.75) is 26.3 Å². The van der Waals surface area contributed by atoms with Crippen molar-refractivity contribution in [3.8, 4) is 11.5 Å². The third kappa shape index (κ3) is 3.56. The molecule has 1 aliphatic rings. The monoisotopic (exact) mass is 496 g/mol. The lowest BCUT2D eigenvalue weighted by atomic mass is 9.97. The van der Waals surface area contributed by atoms with E-state index in [1.807, 2.05) is 43.3 Å². The molecule has 8 heteroatoms. The molecular weight excluding hydrogens is 472 g/mol. The Balaban J connectivity index is 1.61. The fraction of sp³-hybridized carbons (Fsp3) is 0.207. The van der Waals surface area contributed by atoms with Crippen molar-refractivity contribution in [2.24, 2.45) is 0 Å². The van der Waals surface area contributed by atoms with Crippen LogP contribution in [-0.4, -0.2) is 24.8 Å². The van der Waals surface area contributed by atoms with Crippen LogP contribution >= 0.6 is 0 Å². The van der Waals surface area contributed by atoms with Crippen LogP contribution in [0.25, 0.3) is 21.7 Å². The second kappa shape index (κ2) is 8.81. The number of anilines is 1. The Morgan fingerprint density at radius 3 is 2.59 bits per heavy atom. The summed E-state index contributed by atoms with van der Waals surface area (Å²) < 4.78 is 22.9. The van der Waals surface area contributed by atoms with E-state index in [0.29, 0.717) is 40.4 Å². The topological polar surface area (TPSA) is 95.0 Å². The minimum atomic E-state index is -0.798. The first kappa shape index (κ1) is 22.8. The quantitative estimate of drug-likeness (QED) is 0.275. The first-order valence-electron chi connectivity index (χ1n) is 12.1. The van der Waals surface area contributed by atoms with E-state index in [9.17, 15) is 9.59 Å². The molecule has 8 nitrogen and oxygen atoms in total. The number of carbonyl (C=O) groups excluding carboxylic acids is 1. The number of hydrogen-bond acceptors (Lipinski definition) is 7. The Morgan fingerprint density at radius 1 is 1.00 bits per heavy atom. The van der Waals surface area contributed by atoms with Crippen molar-refractivity contribution in [3.05, 3.63) is 93.5 Å². The van der Waals surface area contributed by atoms with E-state index in [-0.39, 0.29) is 22.6 Å². The molecule has 3 heterocycles. The van der Waals surface area contributed by atoms with Crippen LogP contribution < -0.4 is 19.8 Å². The second-order valence-corrected chi connectivity index (χ2v) is 8.97. The number of ether oxygens (including phenoxy) is 2. The smallest absolute Gasteiger partial charge is 0.296 e. The molecule has 3 aromatic carbocycles. The summed E-state index contributed by atoms with van der Waals surface area (Å²) in [7, 11) is 1.55. The Kier molecular flexibility index (Phi) is 5.44. The molecule has 6 rings (SSSR count). The lowest BCUT2D eigenvalue weighted by molar-refractivity contribution is 0.0969. The molecule has 0 saturated carbocycles. The number of carbonyl (C=O) groups is 1. The van der Waals surface area contributed by atoms with Crippen molar-refractivity contribution in [1.82, 2.24) is 5.16 Å². The van der Waals surface area contributed by atoms with E-state index in [4.69, 9.17) is 18.4 Å². The van der Waals surface area contributed by atoms with Gasteiger partial charge < -0.3 is 18.4 Å². The summed E-state index contributed by atoms with van der Waals surface area (Å²) >= 11 is 0. The molecule has 1 aliphatic heterocycles. The Bertz CT molecular complexity index is 1730. The third-order valence-electron chi connectivity index (χ3n) is 6.59. The Labute approximate surface area is 212 Å². The molecule has 0 fully saturated rings.